The van der Waals surface area contributed by atoms with E-state index in [0.717, 1.165) is 12.8 Å². The van der Waals surface area contributed by atoms with Gasteiger partial charge in [-0.1, -0.05) is 29.3 Å². The van der Waals surface area contributed by atoms with Crippen LogP contribution in [0.15, 0.2) is 24.5 Å². The van der Waals surface area contributed by atoms with E-state index in [1.165, 1.54) is 6.33 Å². The first kappa shape index (κ1) is 20.0. The number of nitrogens with two attached hydrogens (primary N) is 1. The van der Waals surface area contributed by atoms with Gasteiger partial charge in [0.25, 0.3) is 0 Å². The van der Waals surface area contributed by atoms with E-state index in [0.29, 0.717) is 33.1 Å². The average molecular weight is 409 g/mol. The van der Waals surface area contributed by atoms with Crippen LogP contribution in [0.2, 0.25) is 10.0 Å². The lowest BCUT2D eigenvalue weighted by Crippen LogP contribution is -2.60. The van der Waals surface area contributed by atoms with Gasteiger partial charge >= 0.3 is 0 Å². The van der Waals surface area contributed by atoms with Gasteiger partial charge in [-0.3, -0.25) is 0 Å². The van der Waals surface area contributed by atoms with Crippen molar-refractivity contribution < 1.29 is 0 Å². The fraction of sp³-hybridized carbons (Fsp3) is 0.474. The Morgan fingerprint density at radius 2 is 1.70 bits per heavy atom. The number of piperidine rings is 1. The Morgan fingerprint density at radius 3 is 2.37 bits per heavy atom. The molecule has 0 radical (unpaired) electrons. The molecule has 0 aliphatic carbocycles. The number of halogens is 2. The molecule has 2 heterocycles. The van der Waals surface area contributed by atoms with E-state index < -0.39 is 0 Å². The van der Waals surface area contributed by atoms with E-state index in [9.17, 15) is 0 Å². The number of nitrogens with zero attached hydrogens (tertiary/aromatic N) is 2. The SMILES string of the molecule is CC1(C)CC(Nc2ncnc(Nc3cccc(Cl)c3Cl)c2N)CC(C)(C)N1. The Hall–Kier alpha value is -1.76. The van der Waals surface area contributed by atoms with Gasteiger partial charge in [0, 0.05) is 17.1 Å². The van der Waals surface area contributed by atoms with Gasteiger partial charge in [0.2, 0.25) is 0 Å². The topological polar surface area (TPSA) is 87.9 Å². The summed E-state index contributed by atoms with van der Waals surface area (Å²) in [5, 5.41) is 11.2. The van der Waals surface area contributed by atoms with Crippen molar-refractivity contribution in [2.45, 2.75) is 57.7 Å². The summed E-state index contributed by atoms with van der Waals surface area (Å²) in [6.07, 6.45) is 3.41. The lowest BCUT2D eigenvalue weighted by Gasteiger charge is -2.46. The summed E-state index contributed by atoms with van der Waals surface area (Å²) in [6, 6.07) is 5.61. The zero-order valence-electron chi connectivity index (χ0n) is 16.0. The molecular weight excluding hydrogens is 383 g/mol. The van der Waals surface area contributed by atoms with Gasteiger partial charge in [0.15, 0.2) is 11.6 Å². The smallest absolute Gasteiger partial charge is 0.159 e. The minimum absolute atomic E-state index is 0.0244. The van der Waals surface area contributed by atoms with Crippen LogP contribution in [-0.4, -0.2) is 27.1 Å². The molecule has 6 nitrogen and oxygen atoms in total. The molecule has 1 aromatic carbocycles. The Labute approximate surface area is 170 Å². The van der Waals surface area contributed by atoms with Crippen molar-refractivity contribution >= 4 is 46.2 Å². The number of benzene rings is 1. The minimum atomic E-state index is 0.0244. The highest BCUT2D eigenvalue weighted by Crippen LogP contribution is 2.35. The van der Waals surface area contributed by atoms with Crippen LogP contribution in [0.5, 0.6) is 0 Å². The predicted octanol–water partition coefficient (Wildman–Crippen LogP) is 4.83. The quantitative estimate of drug-likeness (QED) is 0.579. The van der Waals surface area contributed by atoms with Crippen LogP contribution in [0.25, 0.3) is 0 Å². The average Bonchev–Trinajstić information content (AvgIpc) is 2.52. The number of hydrogen-bond donors (Lipinski definition) is 4. The molecule has 1 aliphatic rings. The Kier molecular flexibility index (Phi) is 5.43. The molecule has 146 valence electrons. The fourth-order valence-electron chi connectivity index (χ4n) is 3.96. The van der Waals surface area contributed by atoms with E-state index >= 15 is 0 Å². The molecule has 1 aromatic heterocycles. The molecule has 0 saturated carbocycles. The van der Waals surface area contributed by atoms with Crippen LogP contribution < -0.4 is 21.7 Å². The monoisotopic (exact) mass is 408 g/mol. The molecule has 0 bridgehead atoms. The second-order valence-corrected chi connectivity index (χ2v) is 9.14. The van der Waals surface area contributed by atoms with Crippen molar-refractivity contribution in [2.75, 3.05) is 16.4 Å². The van der Waals surface area contributed by atoms with Gasteiger partial charge in [0.1, 0.15) is 12.0 Å². The molecule has 0 atom stereocenters. The molecule has 0 spiro atoms. The highest BCUT2D eigenvalue weighted by atomic mass is 35.5. The number of rotatable bonds is 4. The largest absolute Gasteiger partial charge is 0.393 e. The fourth-order valence-corrected chi connectivity index (χ4v) is 4.30. The van der Waals surface area contributed by atoms with Crippen LogP contribution in [0.4, 0.5) is 23.0 Å². The van der Waals surface area contributed by atoms with E-state index in [-0.39, 0.29) is 17.1 Å². The van der Waals surface area contributed by atoms with E-state index in [1.54, 1.807) is 6.07 Å². The molecule has 0 amide bonds. The third-order valence-electron chi connectivity index (χ3n) is 4.62. The van der Waals surface area contributed by atoms with Gasteiger partial charge in [-0.2, -0.15) is 0 Å². The van der Waals surface area contributed by atoms with Crippen LogP contribution in [0.3, 0.4) is 0 Å². The molecule has 5 N–H and O–H groups in total. The lowest BCUT2D eigenvalue weighted by atomic mass is 9.79. The predicted molar refractivity (Wildman–Crippen MR) is 114 cm³/mol. The molecule has 1 aliphatic heterocycles. The van der Waals surface area contributed by atoms with Crippen molar-refractivity contribution in [1.29, 1.82) is 0 Å². The van der Waals surface area contributed by atoms with Gasteiger partial charge < -0.3 is 21.7 Å². The first-order valence-electron chi connectivity index (χ1n) is 8.94. The summed E-state index contributed by atoms with van der Waals surface area (Å²) in [5.74, 6) is 1.10. The lowest BCUT2D eigenvalue weighted by molar-refractivity contribution is 0.170. The Balaban J connectivity index is 1.82. The molecular formula is C19H26Cl2N6. The van der Waals surface area contributed by atoms with Gasteiger partial charge in [-0.05, 0) is 52.7 Å². The Morgan fingerprint density at radius 1 is 1.07 bits per heavy atom. The van der Waals surface area contributed by atoms with Crippen LogP contribution in [-0.2, 0) is 0 Å². The standard InChI is InChI=1S/C19H26Cl2N6/c1-18(2)8-11(9-19(3,4)27-18)25-16-15(22)17(24-10-23-16)26-13-7-5-6-12(20)14(13)21/h5-7,10-11,27H,8-9,22H2,1-4H3,(H2,23,24,25,26). The van der Waals surface area contributed by atoms with E-state index in [1.807, 2.05) is 12.1 Å². The van der Waals surface area contributed by atoms with Gasteiger partial charge in [-0.25, -0.2) is 9.97 Å². The number of hydrogen-bond acceptors (Lipinski definition) is 6. The summed E-state index contributed by atoms with van der Waals surface area (Å²) >= 11 is 12.3. The zero-order valence-corrected chi connectivity index (χ0v) is 17.5. The molecule has 1 saturated heterocycles. The van der Waals surface area contributed by atoms with E-state index in [4.69, 9.17) is 28.9 Å². The number of aromatic nitrogens is 2. The number of anilines is 4. The Bertz CT molecular complexity index is 821. The molecule has 2 aromatic rings. The summed E-state index contributed by atoms with van der Waals surface area (Å²) in [7, 11) is 0. The molecule has 1 fully saturated rings. The number of nitrogen functional groups attached to an aromatic ring is 1. The molecule has 8 heteroatoms. The van der Waals surface area contributed by atoms with Crippen molar-refractivity contribution in [3.8, 4) is 0 Å². The van der Waals surface area contributed by atoms with E-state index in [2.05, 4.69) is 53.6 Å². The second kappa shape index (κ2) is 7.34. The molecule has 0 unspecified atom stereocenters. The first-order valence-corrected chi connectivity index (χ1v) is 9.69. The maximum absolute atomic E-state index is 6.33. The normalized spacial score (nSPS) is 18.9. The zero-order chi connectivity index (χ0) is 19.8. The van der Waals surface area contributed by atoms with Crippen molar-refractivity contribution in [3.05, 3.63) is 34.6 Å². The van der Waals surface area contributed by atoms with Crippen LogP contribution >= 0.6 is 23.2 Å². The second-order valence-electron chi connectivity index (χ2n) is 8.35. The third kappa shape index (κ3) is 4.75. The van der Waals surface area contributed by atoms with Crippen LogP contribution in [0, 0.1) is 0 Å². The highest BCUT2D eigenvalue weighted by Gasteiger charge is 2.37. The van der Waals surface area contributed by atoms with Crippen molar-refractivity contribution in [2.24, 2.45) is 0 Å². The number of nitrogens with one attached hydrogen (secondary N) is 3. The minimum Gasteiger partial charge on any atom is -0.393 e. The molecule has 3 rings (SSSR count). The van der Waals surface area contributed by atoms with Gasteiger partial charge in [-0.15, -0.1) is 0 Å². The summed E-state index contributed by atoms with van der Waals surface area (Å²) in [5.41, 5.74) is 7.47. The highest BCUT2D eigenvalue weighted by molar-refractivity contribution is 6.43. The summed E-state index contributed by atoms with van der Waals surface area (Å²) in [6.45, 7) is 8.83. The third-order valence-corrected chi connectivity index (χ3v) is 5.44. The van der Waals surface area contributed by atoms with Gasteiger partial charge in [0.05, 0.1) is 15.7 Å². The molecule has 27 heavy (non-hydrogen) atoms. The summed E-state index contributed by atoms with van der Waals surface area (Å²) < 4.78 is 0. The first-order chi connectivity index (χ1) is 12.6. The summed E-state index contributed by atoms with van der Waals surface area (Å²) in [4.78, 5) is 8.60. The van der Waals surface area contributed by atoms with Crippen LogP contribution in [0.1, 0.15) is 40.5 Å². The maximum atomic E-state index is 6.33. The maximum Gasteiger partial charge on any atom is 0.159 e. The van der Waals surface area contributed by atoms with Crippen molar-refractivity contribution in [1.82, 2.24) is 15.3 Å². The van der Waals surface area contributed by atoms with Crippen molar-refractivity contribution in [3.63, 3.8) is 0 Å².